The average molecular weight is 359 g/mol. The fourth-order valence-electron chi connectivity index (χ4n) is 2.95. The van der Waals surface area contributed by atoms with Crippen LogP contribution in [0.3, 0.4) is 0 Å². The van der Waals surface area contributed by atoms with Crippen molar-refractivity contribution in [1.82, 2.24) is 24.6 Å². The van der Waals surface area contributed by atoms with E-state index in [1.807, 2.05) is 39.0 Å². The zero-order valence-electron chi connectivity index (χ0n) is 16.2. The van der Waals surface area contributed by atoms with E-state index in [2.05, 4.69) is 22.3 Å². The Bertz CT molecular complexity index is 793. The molecule has 0 aliphatic heterocycles. The summed E-state index contributed by atoms with van der Waals surface area (Å²) in [5.74, 6) is 0.518. The lowest BCUT2D eigenvalue weighted by molar-refractivity contribution is -0.122. The van der Waals surface area contributed by atoms with E-state index >= 15 is 0 Å². The van der Waals surface area contributed by atoms with Gasteiger partial charge in [0, 0.05) is 18.7 Å². The first kappa shape index (κ1) is 19.9. The van der Waals surface area contributed by atoms with Crippen molar-refractivity contribution in [3.63, 3.8) is 0 Å². The van der Waals surface area contributed by atoms with Crippen molar-refractivity contribution in [3.8, 4) is 0 Å². The number of aromatic nitrogens is 4. The number of hydrogen-bond acceptors (Lipinski definition) is 4. The van der Waals surface area contributed by atoms with Gasteiger partial charge in [0.25, 0.3) is 0 Å². The number of unbranched alkanes of at least 4 members (excludes halogenated alkanes) is 1. The van der Waals surface area contributed by atoms with Crippen molar-refractivity contribution in [1.29, 1.82) is 0 Å². The molecule has 1 N–H and O–H groups in total. The topological polar surface area (TPSA) is 81.8 Å². The molecular weight excluding hydrogens is 330 g/mol. The number of aryl methyl sites for hydroxylation is 2. The summed E-state index contributed by atoms with van der Waals surface area (Å²) in [6.07, 6.45) is 3.48. The summed E-state index contributed by atoms with van der Waals surface area (Å²) in [7, 11) is 0. The van der Waals surface area contributed by atoms with E-state index < -0.39 is 0 Å². The average Bonchev–Trinajstić information content (AvgIpc) is 2.92. The molecular formula is C19H29N5O2. The Morgan fingerprint density at radius 3 is 2.65 bits per heavy atom. The smallest absolute Gasteiger partial charge is 0.346 e. The van der Waals surface area contributed by atoms with Crippen LogP contribution in [-0.4, -0.2) is 25.2 Å². The normalized spacial score (nSPS) is 12.2. The van der Waals surface area contributed by atoms with Gasteiger partial charge < -0.3 is 5.32 Å². The van der Waals surface area contributed by atoms with Crippen molar-refractivity contribution in [3.05, 3.63) is 45.9 Å². The molecule has 1 atom stereocenters. The van der Waals surface area contributed by atoms with Gasteiger partial charge in [-0.05, 0) is 38.8 Å². The lowest BCUT2D eigenvalue weighted by Gasteiger charge is -2.16. The molecule has 26 heavy (non-hydrogen) atoms. The number of hydrogen-bond donors (Lipinski definition) is 1. The second-order valence-corrected chi connectivity index (χ2v) is 6.44. The first-order chi connectivity index (χ1) is 12.5. The summed E-state index contributed by atoms with van der Waals surface area (Å²) in [6.45, 7) is 8.42. The van der Waals surface area contributed by atoms with E-state index in [-0.39, 0.29) is 24.2 Å². The van der Waals surface area contributed by atoms with E-state index in [1.165, 1.54) is 4.68 Å². The molecule has 0 bridgehead atoms. The van der Waals surface area contributed by atoms with Crippen LogP contribution in [-0.2, 0) is 24.3 Å². The molecule has 0 aromatic carbocycles. The molecule has 0 saturated carbocycles. The summed E-state index contributed by atoms with van der Waals surface area (Å²) in [6, 6.07) is 5.58. The highest BCUT2D eigenvalue weighted by Gasteiger charge is 2.18. The minimum atomic E-state index is -0.231. The molecule has 2 rings (SSSR count). The van der Waals surface area contributed by atoms with Gasteiger partial charge in [0.1, 0.15) is 12.4 Å². The van der Waals surface area contributed by atoms with Crippen molar-refractivity contribution in [2.75, 3.05) is 0 Å². The summed E-state index contributed by atoms with van der Waals surface area (Å²) in [4.78, 5) is 29.4. The van der Waals surface area contributed by atoms with Crippen molar-refractivity contribution in [2.24, 2.45) is 0 Å². The predicted molar refractivity (Wildman–Crippen MR) is 101 cm³/mol. The summed E-state index contributed by atoms with van der Waals surface area (Å²) in [5.41, 5.74) is 1.51. The molecule has 2 heterocycles. The molecule has 7 nitrogen and oxygen atoms in total. The summed E-state index contributed by atoms with van der Waals surface area (Å²) in [5, 5.41) is 7.33. The van der Waals surface area contributed by atoms with Crippen molar-refractivity contribution >= 4 is 5.91 Å². The number of carbonyl (C=O) groups excluding carboxylic acids is 1. The number of rotatable bonds is 9. The molecule has 1 unspecified atom stereocenters. The van der Waals surface area contributed by atoms with Crippen LogP contribution in [0.15, 0.2) is 23.0 Å². The third kappa shape index (κ3) is 4.80. The Labute approximate surface area is 154 Å². The van der Waals surface area contributed by atoms with Gasteiger partial charge in [-0.3, -0.25) is 14.3 Å². The fraction of sp³-hybridized carbons (Fsp3) is 0.579. The third-order valence-corrected chi connectivity index (χ3v) is 4.37. The lowest BCUT2D eigenvalue weighted by atomic mass is 10.1. The minimum absolute atomic E-state index is 0.0761. The Morgan fingerprint density at radius 1 is 1.27 bits per heavy atom. The van der Waals surface area contributed by atoms with Crippen LogP contribution in [0, 0.1) is 6.92 Å². The van der Waals surface area contributed by atoms with Gasteiger partial charge in [-0.15, -0.1) is 0 Å². The van der Waals surface area contributed by atoms with Crippen LogP contribution in [0.5, 0.6) is 0 Å². The second-order valence-electron chi connectivity index (χ2n) is 6.44. The quantitative estimate of drug-likeness (QED) is 0.745. The van der Waals surface area contributed by atoms with E-state index in [1.54, 1.807) is 4.57 Å². The van der Waals surface area contributed by atoms with Crippen LogP contribution in [0.4, 0.5) is 0 Å². The van der Waals surface area contributed by atoms with Gasteiger partial charge >= 0.3 is 5.69 Å². The SMILES string of the molecule is CCCCc1nn(CC(=O)NC(CC)c2cccc(C)n2)c(=O)n1CC. The van der Waals surface area contributed by atoms with Gasteiger partial charge in [-0.2, -0.15) is 5.10 Å². The summed E-state index contributed by atoms with van der Waals surface area (Å²) >= 11 is 0. The molecule has 2 aromatic rings. The third-order valence-electron chi connectivity index (χ3n) is 4.37. The zero-order valence-corrected chi connectivity index (χ0v) is 16.2. The maximum atomic E-state index is 12.5. The second kappa shape index (κ2) is 9.31. The molecule has 0 radical (unpaired) electrons. The highest BCUT2D eigenvalue weighted by atomic mass is 16.2. The molecule has 7 heteroatoms. The molecule has 1 amide bonds. The van der Waals surface area contributed by atoms with Crippen molar-refractivity contribution in [2.45, 2.75) is 72.5 Å². The van der Waals surface area contributed by atoms with E-state index in [0.29, 0.717) is 6.54 Å². The Morgan fingerprint density at radius 2 is 2.04 bits per heavy atom. The Kier molecular flexibility index (Phi) is 7.12. The fourth-order valence-corrected chi connectivity index (χ4v) is 2.95. The van der Waals surface area contributed by atoms with Gasteiger partial charge in [-0.25, -0.2) is 9.48 Å². The van der Waals surface area contributed by atoms with Crippen LogP contribution < -0.4 is 11.0 Å². The molecule has 0 spiro atoms. The van der Waals surface area contributed by atoms with Crippen LogP contribution in [0.25, 0.3) is 0 Å². The zero-order chi connectivity index (χ0) is 19.1. The minimum Gasteiger partial charge on any atom is -0.346 e. The summed E-state index contributed by atoms with van der Waals surface area (Å²) < 4.78 is 2.91. The highest BCUT2D eigenvalue weighted by molar-refractivity contribution is 5.76. The number of carbonyl (C=O) groups is 1. The van der Waals surface area contributed by atoms with Crippen molar-refractivity contribution < 1.29 is 4.79 Å². The largest absolute Gasteiger partial charge is 0.346 e. The standard InChI is InChI=1S/C19H29N5O2/c1-5-8-12-17-22-24(19(26)23(17)7-3)13-18(25)21-15(6-2)16-11-9-10-14(4)20-16/h9-11,15H,5-8,12-13H2,1-4H3,(H,21,25). The molecule has 2 aromatic heterocycles. The first-order valence-electron chi connectivity index (χ1n) is 9.39. The molecule has 0 saturated heterocycles. The maximum absolute atomic E-state index is 12.5. The van der Waals surface area contributed by atoms with Gasteiger partial charge in [0.2, 0.25) is 5.91 Å². The first-order valence-corrected chi connectivity index (χ1v) is 9.39. The van der Waals surface area contributed by atoms with E-state index in [0.717, 1.165) is 42.9 Å². The molecule has 0 aliphatic rings. The van der Waals surface area contributed by atoms with Gasteiger partial charge in [0.05, 0.1) is 11.7 Å². The Balaban J connectivity index is 2.11. The highest BCUT2D eigenvalue weighted by Crippen LogP contribution is 2.14. The van der Waals surface area contributed by atoms with Crippen LogP contribution in [0.1, 0.15) is 63.3 Å². The van der Waals surface area contributed by atoms with E-state index in [9.17, 15) is 9.59 Å². The molecule has 0 fully saturated rings. The predicted octanol–water partition coefficient (Wildman–Crippen LogP) is 2.38. The molecule has 142 valence electrons. The van der Waals surface area contributed by atoms with E-state index in [4.69, 9.17) is 0 Å². The Hall–Kier alpha value is -2.44. The van der Waals surface area contributed by atoms with Gasteiger partial charge in [0.15, 0.2) is 0 Å². The number of pyridine rings is 1. The number of amides is 1. The van der Waals surface area contributed by atoms with Gasteiger partial charge in [-0.1, -0.05) is 26.3 Å². The number of nitrogens with one attached hydrogen (secondary N) is 1. The maximum Gasteiger partial charge on any atom is 0.346 e. The van der Waals surface area contributed by atoms with Crippen LogP contribution in [0.2, 0.25) is 0 Å². The van der Waals surface area contributed by atoms with Crippen LogP contribution >= 0.6 is 0 Å². The number of nitrogens with zero attached hydrogens (tertiary/aromatic N) is 4. The molecule has 0 aliphatic carbocycles. The monoisotopic (exact) mass is 359 g/mol. The lowest BCUT2D eigenvalue weighted by Crippen LogP contribution is -2.35.